The number of likely N-dealkylation sites (tertiary alicyclic amines) is 1. The first-order chi connectivity index (χ1) is 18.7. The summed E-state index contributed by atoms with van der Waals surface area (Å²) in [5.74, 6) is 0.639. The topological polar surface area (TPSA) is 93.9 Å². The van der Waals surface area contributed by atoms with Crippen molar-refractivity contribution in [1.29, 1.82) is 5.26 Å². The Morgan fingerprint density at radius 2 is 1.72 bits per heavy atom. The number of nitriles is 1. The molecular formula is C32H32N6O. The fourth-order valence-corrected chi connectivity index (χ4v) is 4.74. The molecular weight excluding hydrogens is 484 g/mol. The average Bonchev–Trinajstić information content (AvgIpc) is 2.93. The van der Waals surface area contributed by atoms with Crippen molar-refractivity contribution in [2.75, 3.05) is 30.8 Å². The summed E-state index contributed by atoms with van der Waals surface area (Å²) in [6.07, 6.45) is 3.41. The molecule has 0 atom stereocenters. The van der Waals surface area contributed by atoms with Gasteiger partial charge in [0.05, 0.1) is 23.2 Å². The first-order valence-corrected chi connectivity index (χ1v) is 13.0. The number of rotatable bonds is 7. The van der Waals surface area contributed by atoms with Crippen LogP contribution in [0.25, 0.3) is 22.3 Å². The van der Waals surface area contributed by atoms with Crippen LogP contribution in [0.2, 0.25) is 0 Å². The molecule has 3 heterocycles. The lowest BCUT2D eigenvalue weighted by Gasteiger charge is -2.36. The molecule has 1 saturated heterocycles. The van der Waals surface area contributed by atoms with Crippen molar-refractivity contribution < 1.29 is 4.79 Å². The highest BCUT2D eigenvalue weighted by atomic mass is 16.1. The fraction of sp³-hybridized carbons (Fsp3) is 0.250. The smallest absolute Gasteiger partial charge is 0.255 e. The van der Waals surface area contributed by atoms with E-state index in [0.717, 1.165) is 46.7 Å². The van der Waals surface area contributed by atoms with Gasteiger partial charge in [0, 0.05) is 36.7 Å². The van der Waals surface area contributed by atoms with Crippen LogP contribution < -0.4 is 10.6 Å². The van der Waals surface area contributed by atoms with Crippen molar-refractivity contribution in [2.45, 2.75) is 32.2 Å². The van der Waals surface area contributed by atoms with Crippen LogP contribution in [-0.2, 0) is 5.41 Å². The number of pyridine rings is 2. The van der Waals surface area contributed by atoms with Crippen LogP contribution in [-0.4, -0.2) is 47.0 Å². The highest BCUT2D eigenvalue weighted by molar-refractivity contribution is 6.04. The Hall–Kier alpha value is -4.54. The molecule has 0 radical (unpaired) electrons. The molecule has 0 aliphatic carbocycles. The SMILES string of the molecule is Cc1ccc(NC(=O)c2ccnc(C(C)(C)C#N)c2)cc1-c1cccc(-c2ccnc(NC3CN(C)C3)c2)c1. The first-order valence-electron chi connectivity index (χ1n) is 13.0. The van der Waals surface area contributed by atoms with Gasteiger partial charge >= 0.3 is 0 Å². The molecule has 2 aromatic carbocycles. The van der Waals surface area contributed by atoms with Gasteiger partial charge in [-0.15, -0.1) is 0 Å². The van der Waals surface area contributed by atoms with Crippen LogP contribution in [0, 0.1) is 18.3 Å². The minimum Gasteiger partial charge on any atom is -0.365 e. The van der Waals surface area contributed by atoms with Gasteiger partial charge < -0.3 is 15.5 Å². The highest BCUT2D eigenvalue weighted by Crippen LogP contribution is 2.31. The van der Waals surface area contributed by atoms with Gasteiger partial charge in [-0.25, -0.2) is 4.98 Å². The first kappa shape index (κ1) is 26.1. The van der Waals surface area contributed by atoms with Crippen molar-refractivity contribution in [2.24, 2.45) is 0 Å². The van der Waals surface area contributed by atoms with E-state index in [4.69, 9.17) is 0 Å². The average molecular weight is 517 g/mol. The summed E-state index contributed by atoms with van der Waals surface area (Å²) < 4.78 is 0. The lowest BCUT2D eigenvalue weighted by molar-refractivity contribution is 0.102. The lowest BCUT2D eigenvalue weighted by Crippen LogP contribution is -2.52. The number of hydrogen-bond donors (Lipinski definition) is 2. The van der Waals surface area contributed by atoms with Crippen molar-refractivity contribution >= 4 is 17.4 Å². The van der Waals surface area contributed by atoms with Gasteiger partial charge in [0.2, 0.25) is 0 Å². The van der Waals surface area contributed by atoms with E-state index in [1.165, 1.54) is 0 Å². The van der Waals surface area contributed by atoms with Gasteiger partial charge in [-0.3, -0.25) is 9.78 Å². The summed E-state index contributed by atoms with van der Waals surface area (Å²) in [7, 11) is 2.11. The third kappa shape index (κ3) is 5.82. The monoisotopic (exact) mass is 516 g/mol. The third-order valence-electron chi connectivity index (χ3n) is 7.12. The molecule has 2 aromatic heterocycles. The van der Waals surface area contributed by atoms with Crippen molar-refractivity contribution in [3.63, 3.8) is 0 Å². The zero-order chi connectivity index (χ0) is 27.6. The lowest BCUT2D eigenvalue weighted by atomic mass is 9.90. The van der Waals surface area contributed by atoms with Crippen molar-refractivity contribution in [3.8, 4) is 28.3 Å². The predicted octanol–water partition coefficient (Wildman–Crippen LogP) is 5.90. The van der Waals surface area contributed by atoms with Gasteiger partial charge in [0.15, 0.2) is 0 Å². The molecule has 1 fully saturated rings. The maximum absolute atomic E-state index is 13.1. The molecule has 0 bridgehead atoms. The molecule has 0 saturated carbocycles. The predicted molar refractivity (Wildman–Crippen MR) is 156 cm³/mol. The van der Waals surface area contributed by atoms with Crippen molar-refractivity contribution in [1.82, 2.24) is 14.9 Å². The van der Waals surface area contributed by atoms with Gasteiger partial charge in [-0.2, -0.15) is 5.26 Å². The summed E-state index contributed by atoms with van der Waals surface area (Å²) in [4.78, 5) is 24.1. The summed E-state index contributed by atoms with van der Waals surface area (Å²) in [6.45, 7) is 7.68. The van der Waals surface area contributed by atoms with Gasteiger partial charge in [0.1, 0.15) is 5.82 Å². The largest absolute Gasteiger partial charge is 0.365 e. The summed E-state index contributed by atoms with van der Waals surface area (Å²) in [6, 6.07) is 24.5. The Balaban J connectivity index is 1.37. The summed E-state index contributed by atoms with van der Waals surface area (Å²) >= 11 is 0. The van der Waals surface area contributed by atoms with E-state index in [-0.39, 0.29) is 5.91 Å². The third-order valence-corrected chi connectivity index (χ3v) is 7.12. The number of nitrogens with zero attached hydrogens (tertiary/aromatic N) is 4. The Kier molecular flexibility index (Phi) is 7.14. The van der Waals surface area contributed by atoms with Crippen molar-refractivity contribution in [3.05, 3.63) is 95.9 Å². The fourth-order valence-electron chi connectivity index (χ4n) is 4.74. The standard InChI is InChI=1S/C32H32N6O/c1-21-8-9-26(37-31(39)25-11-12-34-29(15-25)32(2,3)20-33)17-28(21)24-7-5-6-22(14-24)23-10-13-35-30(16-23)36-27-18-38(4)19-27/h5-17,27H,18-19H2,1-4H3,(H,35,36)(H,37,39). The van der Waals surface area contributed by atoms with Crippen LogP contribution in [0.3, 0.4) is 0 Å². The zero-order valence-corrected chi connectivity index (χ0v) is 22.7. The Labute approximate surface area is 229 Å². The molecule has 1 amide bonds. The number of likely N-dealkylation sites (N-methyl/N-ethyl adjacent to an activating group) is 1. The maximum Gasteiger partial charge on any atom is 0.255 e. The molecule has 39 heavy (non-hydrogen) atoms. The number of carbonyl (C=O) groups excluding carboxylic acids is 1. The summed E-state index contributed by atoms with van der Waals surface area (Å²) in [5.41, 5.74) is 6.35. The van der Waals surface area contributed by atoms with E-state index in [1.54, 1.807) is 32.2 Å². The van der Waals surface area contributed by atoms with Gasteiger partial charge in [0.25, 0.3) is 5.91 Å². The molecule has 7 nitrogen and oxygen atoms in total. The van der Waals surface area contributed by atoms with E-state index < -0.39 is 5.41 Å². The van der Waals surface area contributed by atoms with E-state index in [9.17, 15) is 10.1 Å². The number of carbonyl (C=O) groups is 1. The number of anilines is 2. The van der Waals surface area contributed by atoms with Crippen LogP contribution in [0.15, 0.2) is 79.1 Å². The number of amides is 1. The number of aryl methyl sites for hydroxylation is 1. The normalized spacial score (nSPS) is 13.8. The molecule has 196 valence electrons. The van der Waals surface area contributed by atoms with Crippen LogP contribution in [0.5, 0.6) is 0 Å². The quantitative estimate of drug-likeness (QED) is 0.318. The van der Waals surface area contributed by atoms with E-state index >= 15 is 0 Å². The molecule has 1 aliphatic heterocycles. The molecule has 4 aromatic rings. The van der Waals surface area contributed by atoms with Crippen LogP contribution in [0.4, 0.5) is 11.5 Å². The molecule has 2 N–H and O–H groups in total. The minimum absolute atomic E-state index is 0.245. The highest BCUT2D eigenvalue weighted by Gasteiger charge is 2.24. The van der Waals surface area contributed by atoms with E-state index in [1.807, 2.05) is 30.5 Å². The number of benzene rings is 2. The number of hydrogen-bond acceptors (Lipinski definition) is 6. The maximum atomic E-state index is 13.1. The molecule has 0 spiro atoms. The number of nitrogens with one attached hydrogen (secondary N) is 2. The minimum atomic E-state index is -0.780. The second-order valence-electron chi connectivity index (χ2n) is 10.7. The molecule has 7 heteroatoms. The van der Waals surface area contributed by atoms with E-state index in [0.29, 0.717) is 23.0 Å². The second kappa shape index (κ2) is 10.7. The van der Waals surface area contributed by atoms with Gasteiger partial charge in [-0.05, 0) is 98.1 Å². The zero-order valence-electron chi connectivity index (χ0n) is 22.7. The Bertz CT molecular complexity index is 1570. The van der Waals surface area contributed by atoms with E-state index in [2.05, 4.69) is 75.9 Å². The second-order valence-corrected chi connectivity index (χ2v) is 10.7. The molecule has 1 aliphatic rings. The number of aromatic nitrogens is 2. The Morgan fingerprint density at radius 3 is 2.49 bits per heavy atom. The van der Waals surface area contributed by atoms with Gasteiger partial charge in [-0.1, -0.05) is 24.3 Å². The molecule has 5 rings (SSSR count). The molecule has 0 unspecified atom stereocenters. The Morgan fingerprint density at radius 1 is 0.974 bits per heavy atom. The summed E-state index contributed by atoms with van der Waals surface area (Å²) in [5, 5.41) is 16.0. The van der Waals surface area contributed by atoms with Crippen LogP contribution in [0.1, 0.15) is 35.5 Å². The van der Waals surface area contributed by atoms with Crippen LogP contribution >= 0.6 is 0 Å².